The van der Waals surface area contributed by atoms with Crippen molar-refractivity contribution in [1.82, 2.24) is 9.89 Å². The van der Waals surface area contributed by atoms with Crippen molar-refractivity contribution in [2.24, 2.45) is 0 Å². The van der Waals surface area contributed by atoms with Gasteiger partial charge < -0.3 is 5.43 Å². The van der Waals surface area contributed by atoms with E-state index in [1.54, 1.807) is 4.79 Å². The topological polar surface area (TPSA) is 29.9 Å². The second-order valence-corrected chi connectivity index (χ2v) is 2.63. The molecule has 3 nitrogen and oxygen atoms in total. The fourth-order valence-corrected chi connectivity index (χ4v) is 1.25. The third-order valence-electron chi connectivity index (χ3n) is 1.79. The SMILES string of the molecule is CCNn1ncc2ccccc21. The van der Waals surface area contributed by atoms with E-state index < -0.39 is 0 Å². The molecule has 0 aliphatic heterocycles. The number of hydrogen-bond acceptors (Lipinski definition) is 2. The number of nitrogens with zero attached hydrogens (tertiary/aromatic N) is 2. The van der Waals surface area contributed by atoms with Crippen LogP contribution in [0.1, 0.15) is 6.92 Å². The van der Waals surface area contributed by atoms with Crippen molar-refractivity contribution in [2.45, 2.75) is 6.92 Å². The van der Waals surface area contributed by atoms with Crippen molar-refractivity contribution in [3.05, 3.63) is 30.5 Å². The van der Waals surface area contributed by atoms with Crippen molar-refractivity contribution in [2.75, 3.05) is 12.0 Å². The average Bonchev–Trinajstić information content (AvgIpc) is 2.50. The quantitative estimate of drug-likeness (QED) is 0.725. The largest absolute Gasteiger partial charge is 0.310 e. The molecule has 12 heavy (non-hydrogen) atoms. The van der Waals surface area contributed by atoms with Crippen LogP contribution in [0.25, 0.3) is 10.9 Å². The summed E-state index contributed by atoms with van der Waals surface area (Å²) in [5, 5.41) is 5.36. The molecule has 0 fully saturated rings. The van der Waals surface area contributed by atoms with Crippen LogP contribution < -0.4 is 5.43 Å². The van der Waals surface area contributed by atoms with Crippen LogP contribution in [0.5, 0.6) is 0 Å². The summed E-state index contributed by atoms with van der Waals surface area (Å²) >= 11 is 0. The van der Waals surface area contributed by atoms with Crippen molar-refractivity contribution in [3.63, 3.8) is 0 Å². The summed E-state index contributed by atoms with van der Waals surface area (Å²) in [6, 6.07) is 8.12. The summed E-state index contributed by atoms with van der Waals surface area (Å²) in [7, 11) is 0. The van der Waals surface area contributed by atoms with E-state index in [0.717, 1.165) is 12.1 Å². The Bertz CT molecular complexity index is 378. The highest BCUT2D eigenvalue weighted by Crippen LogP contribution is 2.10. The molecule has 1 heterocycles. The summed E-state index contributed by atoms with van der Waals surface area (Å²) in [5.74, 6) is 0. The van der Waals surface area contributed by atoms with Gasteiger partial charge in [0, 0.05) is 11.9 Å². The number of para-hydroxylation sites is 1. The van der Waals surface area contributed by atoms with Crippen LogP contribution in [0.3, 0.4) is 0 Å². The second-order valence-electron chi connectivity index (χ2n) is 2.63. The van der Waals surface area contributed by atoms with Gasteiger partial charge >= 0.3 is 0 Å². The van der Waals surface area contributed by atoms with Crippen molar-refractivity contribution >= 4 is 10.9 Å². The Balaban J connectivity index is 2.55. The summed E-state index contributed by atoms with van der Waals surface area (Å²) in [6.45, 7) is 2.93. The smallest absolute Gasteiger partial charge is 0.0918 e. The molecule has 0 aliphatic rings. The highest BCUT2D eigenvalue weighted by molar-refractivity contribution is 5.78. The van der Waals surface area contributed by atoms with Gasteiger partial charge in [-0.2, -0.15) is 9.89 Å². The Morgan fingerprint density at radius 3 is 3.08 bits per heavy atom. The fraction of sp³-hybridized carbons (Fsp3) is 0.222. The molecular formula is C9H11N3. The molecular weight excluding hydrogens is 150 g/mol. The lowest BCUT2D eigenvalue weighted by molar-refractivity contribution is 0.772. The molecule has 0 amide bonds. The van der Waals surface area contributed by atoms with E-state index in [-0.39, 0.29) is 0 Å². The maximum atomic E-state index is 4.19. The predicted molar refractivity (Wildman–Crippen MR) is 49.6 cm³/mol. The number of aromatic nitrogens is 2. The molecule has 3 heteroatoms. The Morgan fingerprint density at radius 1 is 1.42 bits per heavy atom. The second kappa shape index (κ2) is 2.85. The molecule has 0 saturated heterocycles. The molecule has 0 spiro atoms. The maximum Gasteiger partial charge on any atom is 0.0918 e. The Labute approximate surface area is 71.0 Å². The molecule has 0 radical (unpaired) electrons. The zero-order valence-corrected chi connectivity index (χ0v) is 6.99. The van der Waals surface area contributed by atoms with E-state index in [0.29, 0.717) is 0 Å². The molecule has 1 N–H and O–H groups in total. The summed E-state index contributed by atoms with van der Waals surface area (Å²) in [6.07, 6.45) is 1.86. The van der Waals surface area contributed by atoms with Gasteiger partial charge in [-0.05, 0) is 13.0 Å². The third kappa shape index (κ3) is 1.03. The van der Waals surface area contributed by atoms with Crippen LogP contribution in [-0.4, -0.2) is 16.4 Å². The molecule has 0 saturated carbocycles. The van der Waals surface area contributed by atoms with Crippen LogP contribution in [-0.2, 0) is 0 Å². The highest BCUT2D eigenvalue weighted by atomic mass is 15.5. The zero-order valence-electron chi connectivity index (χ0n) is 6.99. The van der Waals surface area contributed by atoms with Gasteiger partial charge in [-0.1, -0.05) is 18.2 Å². The molecule has 2 rings (SSSR count). The minimum Gasteiger partial charge on any atom is -0.310 e. The Morgan fingerprint density at radius 2 is 2.25 bits per heavy atom. The fourth-order valence-electron chi connectivity index (χ4n) is 1.25. The summed E-state index contributed by atoms with van der Waals surface area (Å²) in [4.78, 5) is 1.80. The third-order valence-corrected chi connectivity index (χ3v) is 1.79. The first-order valence-electron chi connectivity index (χ1n) is 4.08. The van der Waals surface area contributed by atoms with Gasteiger partial charge in [0.15, 0.2) is 0 Å². The van der Waals surface area contributed by atoms with E-state index in [4.69, 9.17) is 0 Å². The van der Waals surface area contributed by atoms with E-state index in [1.807, 2.05) is 24.4 Å². The standard InChI is InChI=1S/C9H11N3/c1-2-10-12-9-6-4-3-5-8(9)7-11-12/h3-7,10H,2H2,1H3. The molecule has 1 aromatic carbocycles. The van der Waals surface area contributed by atoms with Gasteiger partial charge in [0.2, 0.25) is 0 Å². The Kier molecular flexibility index (Phi) is 1.70. The number of hydrogen-bond donors (Lipinski definition) is 1. The van der Waals surface area contributed by atoms with Crippen molar-refractivity contribution in [3.8, 4) is 0 Å². The van der Waals surface area contributed by atoms with Crippen molar-refractivity contribution < 1.29 is 0 Å². The van der Waals surface area contributed by atoms with Crippen LogP contribution in [0, 0.1) is 0 Å². The first-order valence-corrected chi connectivity index (χ1v) is 4.08. The van der Waals surface area contributed by atoms with Crippen LogP contribution in [0.2, 0.25) is 0 Å². The number of nitrogens with one attached hydrogen (secondary N) is 1. The van der Waals surface area contributed by atoms with Crippen LogP contribution in [0.15, 0.2) is 30.5 Å². The predicted octanol–water partition coefficient (Wildman–Crippen LogP) is 1.60. The zero-order chi connectivity index (χ0) is 8.39. The highest BCUT2D eigenvalue weighted by Gasteiger charge is 1.97. The monoisotopic (exact) mass is 161 g/mol. The Hall–Kier alpha value is -1.51. The lowest BCUT2D eigenvalue weighted by Gasteiger charge is -2.02. The number of fused-ring (bicyclic) bond motifs is 1. The van der Waals surface area contributed by atoms with E-state index in [2.05, 4.69) is 23.5 Å². The lowest BCUT2D eigenvalue weighted by Crippen LogP contribution is -2.14. The van der Waals surface area contributed by atoms with E-state index in [1.165, 1.54) is 5.39 Å². The molecule has 0 atom stereocenters. The molecule has 1 aromatic heterocycles. The van der Waals surface area contributed by atoms with Crippen LogP contribution >= 0.6 is 0 Å². The van der Waals surface area contributed by atoms with Gasteiger partial charge in [0.1, 0.15) is 0 Å². The maximum absolute atomic E-state index is 4.19. The molecule has 0 aliphatic carbocycles. The molecule has 2 aromatic rings. The molecule has 0 unspecified atom stereocenters. The average molecular weight is 161 g/mol. The van der Waals surface area contributed by atoms with E-state index in [9.17, 15) is 0 Å². The first-order chi connectivity index (χ1) is 5.92. The van der Waals surface area contributed by atoms with E-state index >= 15 is 0 Å². The molecule has 0 bridgehead atoms. The molecule has 62 valence electrons. The minimum atomic E-state index is 0.881. The van der Waals surface area contributed by atoms with Gasteiger partial charge in [-0.3, -0.25) is 0 Å². The minimum absolute atomic E-state index is 0.881. The normalized spacial score (nSPS) is 10.4. The number of rotatable bonds is 2. The van der Waals surface area contributed by atoms with Gasteiger partial charge in [-0.15, -0.1) is 0 Å². The van der Waals surface area contributed by atoms with Crippen LogP contribution in [0.4, 0.5) is 0 Å². The summed E-state index contributed by atoms with van der Waals surface area (Å²) < 4.78 is 0. The summed E-state index contributed by atoms with van der Waals surface area (Å²) in [5.41, 5.74) is 4.26. The van der Waals surface area contributed by atoms with Crippen molar-refractivity contribution in [1.29, 1.82) is 0 Å². The first kappa shape index (κ1) is 7.16. The van der Waals surface area contributed by atoms with Gasteiger partial charge in [-0.25, -0.2) is 0 Å². The van der Waals surface area contributed by atoms with Gasteiger partial charge in [0.05, 0.1) is 11.7 Å². The number of benzene rings is 1. The lowest BCUT2D eigenvalue weighted by atomic mass is 10.3. The van der Waals surface area contributed by atoms with Gasteiger partial charge in [0.25, 0.3) is 0 Å².